The van der Waals surface area contributed by atoms with Crippen LogP contribution in [0.2, 0.25) is 0 Å². The SMILES string of the molecule is COc1ccc(C(=O)N[C@H]2CCCC[C@@H]2O)cc1O. The van der Waals surface area contributed by atoms with Gasteiger partial charge < -0.3 is 20.3 Å². The van der Waals surface area contributed by atoms with Gasteiger partial charge in [0.15, 0.2) is 11.5 Å². The molecular formula is C14H19NO4. The van der Waals surface area contributed by atoms with Gasteiger partial charge in [-0.05, 0) is 31.0 Å². The molecule has 0 saturated heterocycles. The van der Waals surface area contributed by atoms with E-state index in [0.717, 1.165) is 25.7 Å². The molecular weight excluding hydrogens is 246 g/mol. The Kier molecular flexibility index (Phi) is 4.27. The Morgan fingerprint density at radius 2 is 2.11 bits per heavy atom. The minimum Gasteiger partial charge on any atom is -0.504 e. The third-order valence-corrected chi connectivity index (χ3v) is 3.49. The van der Waals surface area contributed by atoms with Crippen LogP contribution < -0.4 is 10.1 Å². The number of rotatable bonds is 3. The third kappa shape index (κ3) is 3.17. The minimum absolute atomic E-state index is 0.0701. The van der Waals surface area contributed by atoms with E-state index in [0.29, 0.717) is 11.3 Å². The quantitative estimate of drug-likeness (QED) is 0.772. The van der Waals surface area contributed by atoms with Crippen LogP contribution in [0, 0.1) is 0 Å². The highest BCUT2D eigenvalue weighted by molar-refractivity contribution is 5.95. The van der Waals surface area contributed by atoms with Crippen LogP contribution in [-0.2, 0) is 0 Å². The molecule has 1 fully saturated rings. The Morgan fingerprint density at radius 1 is 1.37 bits per heavy atom. The molecule has 5 heteroatoms. The van der Waals surface area contributed by atoms with E-state index in [9.17, 15) is 15.0 Å². The summed E-state index contributed by atoms with van der Waals surface area (Å²) in [7, 11) is 1.45. The maximum Gasteiger partial charge on any atom is 0.251 e. The number of carbonyl (C=O) groups excluding carboxylic acids is 1. The zero-order chi connectivity index (χ0) is 13.8. The number of hydrogen-bond acceptors (Lipinski definition) is 4. The number of aromatic hydroxyl groups is 1. The number of phenols is 1. The van der Waals surface area contributed by atoms with E-state index >= 15 is 0 Å². The zero-order valence-corrected chi connectivity index (χ0v) is 10.9. The molecule has 19 heavy (non-hydrogen) atoms. The Balaban J connectivity index is 2.05. The van der Waals surface area contributed by atoms with E-state index in [1.165, 1.54) is 13.2 Å². The van der Waals surface area contributed by atoms with E-state index in [-0.39, 0.29) is 17.7 Å². The van der Waals surface area contributed by atoms with Gasteiger partial charge in [-0.2, -0.15) is 0 Å². The summed E-state index contributed by atoms with van der Waals surface area (Å²) >= 11 is 0. The molecule has 1 amide bonds. The first-order valence-electron chi connectivity index (χ1n) is 6.47. The summed E-state index contributed by atoms with van der Waals surface area (Å²) in [6.45, 7) is 0. The van der Waals surface area contributed by atoms with Gasteiger partial charge in [-0.3, -0.25) is 4.79 Å². The molecule has 104 valence electrons. The topological polar surface area (TPSA) is 78.8 Å². The molecule has 0 bridgehead atoms. The van der Waals surface area contributed by atoms with E-state index in [2.05, 4.69) is 5.32 Å². The maximum absolute atomic E-state index is 12.0. The molecule has 2 atom stereocenters. The number of aliphatic hydroxyl groups excluding tert-OH is 1. The van der Waals surface area contributed by atoms with Crippen molar-refractivity contribution in [2.24, 2.45) is 0 Å². The second kappa shape index (κ2) is 5.93. The summed E-state index contributed by atoms with van der Waals surface area (Å²) in [4.78, 5) is 12.0. The van der Waals surface area contributed by atoms with E-state index in [1.807, 2.05) is 0 Å². The van der Waals surface area contributed by atoms with Crippen molar-refractivity contribution in [1.29, 1.82) is 0 Å². The predicted molar refractivity (Wildman–Crippen MR) is 70.4 cm³/mol. The molecule has 2 rings (SSSR count). The number of benzene rings is 1. The fourth-order valence-corrected chi connectivity index (χ4v) is 2.36. The number of aliphatic hydroxyl groups is 1. The second-order valence-corrected chi connectivity index (χ2v) is 4.82. The maximum atomic E-state index is 12.0. The van der Waals surface area contributed by atoms with E-state index in [1.54, 1.807) is 12.1 Å². The molecule has 0 unspecified atom stereocenters. The average molecular weight is 265 g/mol. The highest BCUT2D eigenvalue weighted by Crippen LogP contribution is 2.26. The van der Waals surface area contributed by atoms with Crippen molar-refractivity contribution < 1.29 is 19.7 Å². The highest BCUT2D eigenvalue weighted by atomic mass is 16.5. The number of hydrogen-bond donors (Lipinski definition) is 3. The van der Waals surface area contributed by atoms with Gasteiger partial charge in [0.1, 0.15) is 0 Å². The Bertz CT molecular complexity index is 461. The van der Waals surface area contributed by atoms with Crippen molar-refractivity contribution in [3.8, 4) is 11.5 Å². The van der Waals surface area contributed by atoms with Crippen molar-refractivity contribution >= 4 is 5.91 Å². The molecule has 1 saturated carbocycles. The van der Waals surface area contributed by atoms with Crippen LogP contribution in [0.4, 0.5) is 0 Å². The number of amides is 1. The highest BCUT2D eigenvalue weighted by Gasteiger charge is 2.25. The lowest BCUT2D eigenvalue weighted by atomic mass is 9.92. The normalized spacial score (nSPS) is 22.8. The summed E-state index contributed by atoms with van der Waals surface area (Å²) in [5.41, 5.74) is 0.357. The summed E-state index contributed by atoms with van der Waals surface area (Å²) in [5, 5.41) is 22.3. The summed E-state index contributed by atoms with van der Waals surface area (Å²) in [6.07, 6.45) is 3.03. The molecule has 5 nitrogen and oxygen atoms in total. The first kappa shape index (κ1) is 13.7. The van der Waals surface area contributed by atoms with Crippen LogP contribution in [0.3, 0.4) is 0 Å². The fourth-order valence-electron chi connectivity index (χ4n) is 2.36. The lowest BCUT2D eigenvalue weighted by Crippen LogP contribution is -2.45. The molecule has 1 aliphatic carbocycles. The van der Waals surface area contributed by atoms with Gasteiger partial charge >= 0.3 is 0 Å². The van der Waals surface area contributed by atoms with E-state index < -0.39 is 6.10 Å². The molecule has 0 spiro atoms. The first-order valence-corrected chi connectivity index (χ1v) is 6.47. The standard InChI is InChI=1S/C14H19NO4/c1-19-13-7-6-9(8-12(13)17)14(18)15-10-4-2-3-5-11(10)16/h6-8,10-11,16-17H,2-5H2,1H3,(H,15,18)/t10-,11-/m0/s1. The molecule has 0 aliphatic heterocycles. The lowest BCUT2D eigenvalue weighted by Gasteiger charge is -2.28. The minimum atomic E-state index is -0.482. The van der Waals surface area contributed by atoms with Crippen molar-refractivity contribution in [3.05, 3.63) is 23.8 Å². The Morgan fingerprint density at radius 3 is 2.74 bits per heavy atom. The van der Waals surface area contributed by atoms with Crippen LogP contribution >= 0.6 is 0 Å². The van der Waals surface area contributed by atoms with Crippen LogP contribution in [0.15, 0.2) is 18.2 Å². The smallest absolute Gasteiger partial charge is 0.251 e. The monoisotopic (exact) mass is 265 g/mol. The van der Waals surface area contributed by atoms with Gasteiger partial charge in [0.05, 0.1) is 19.3 Å². The van der Waals surface area contributed by atoms with Gasteiger partial charge in [-0.15, -0.1) is 0 Å². The molecule has 3 N–H and O–H groups in total. The van der Waals surface area contributed by atoms with Gasteiger partial charge in [-0.1, -0.05) is 12.8 Å². The number of methoxy groups -OCH3 is 1. The van der Waals surface area contributed by atoms with Crippen molar-refractivity contribution in [2.75, 3.05) is 7.11 Å². The zero-order valence-electron chi connectivity index (χ0n) is 10.9. The average Bonchev–Trinajstić information content (AvgIpc) is 2.41. The van der Waals surface area contributed by atoms with E-state index in [4.69, 9.17) is 4.74 Å². The lowest BCUT2D eigenvalue weighted by molar-refractivity contribution is 0.0717. The molecule has 0 aromatic heterocycles. The largest absolute Gasteiger partial charge is 0.504 e. The number of carbonyl (C=O) groups is 1. The van der Waals surface area contributed by atoms with Gasteiger partial charge in [-0.25, -0.2) is 0 Å². The van der Waals surface area contributed by atoms with Crippen molar-refractivity contribution in [1.82, 2.24) is 5.32 Å². The molecule has 1 aliphatic rings. The van der Waals surface area contributed by atoms with Crippen LogP contribution in [0.1, 0.15) is 36.0 Å². The number of phenolic OH excluding ortho intramolecular Hbond substituents is 1. The van der Waals surface area contributed by atoms with Crippen molar-refractivity contribution in [3.63, 3.8) is 0 Å². The fraction of sp³-hybridized carbons (Fsp3) is 0.500. The van der Waals surface area contributed by atoms with Crippen molar-refractivity contribution in [2.45, 2.75) is 37.8 Å². The molecule has 0 radical (unpaired) electrons. The second-order valence-electron chi connectivity index (χ2n) is 4.82. The molecule has 1 aromatic carbocycles. The van der Waals surface area contributed by atoms with Gasteiger partial charge in [0.2, 0.25) is 0 Å². The van der Waals surface area contributed by atoms with Crippen LogP contribution in [0.25, 0.3) is 0 Å². The molecule has 1 aromatic rings. The summed E-state index contributed by atoms with van der Waals surface area (Å²) < 4.78 is 4.93. The number of ether oxygens (including phenoxy) is 1. The van der Waals surface area contributed by atoms with Crippen LogP contribution in [0.5, 0.6) is 11.5 Å². The predicted octanol–water partition coefficient (Wildman–Crippen LogP) is 1.43. The number of nitrogens with one attached hydrogen (secondary N) is 1. The summed E-state index contributed by atoms with van der Waals surface area (Å²) in [6, 6.07) is 4.29. The van der Waals surface area contributed by atoms with Crippen LogP contribution in [-0.4, -0.2) is 35.4 Å². The third-order valence-electron chi connectivity index (χ3n) is 3.49. The molecule has 0 heterocycles. The Labute approximate surface area is 112 Å². The Hall–Kier alpha value is -1.75. The van der Waals surface area contributed by atoms with Gasteiger partial charge in [0, 0.05) is 5.56 Å². The van der Waals surface area contributed by atoms with Gasteiger partial charge in [0.25, 0.3) is 5.91 Å². The summed E-state index contributed by atoms with van der Waals surface area (Å²) in [5.74, 6) is -0.0301. The first-order chi connectivity index (χ1) is 9.11.